The molecule has 29 heavy (non-hydrogen) atoms. The van der Waals surface area contributed by atoms with Crippen molar-refractivity contribution in [1.29, 1.82) is 0 Å². The van der Waals surface area contributed by atoms with Crippen molar-refractivity contribution in [2.45, 2.75) is 39.7 Å². The van der Waals surface area contributed by atoms with Crippen LogP contribution in [0.25, 0.3) is 0 Å². The summed E-state index contributed by atoms with van der Waals surface area (Å²) in [5, 5.41) is 14.7. The lowest BCUT2D eigenvalue weighted by atomic mass is 10.1. The van der Waals surface area contributed by atoms with Gasteiger partial charge in [-0.1, -0.05) is 23.4 Å². The normalized spacial score (nSPS) is 13.9. The van der Waals surface area contributed by atoms with Crippen LogP contribution in [0.1, 0.15) is 47.6 Å². The van der Waals surface area contributed by atoms with Crippen molar-refractivity contribution < 1.29 is 4.79 Å². The third-order valence-corrected chi connectivity index (χ3v) is 5.30. The van der Waals surface area contributed by atoms with Crippen molar-refractivity contribution in [1.82, 2.24) is 25.6 Å². The molecule has 2 heterocycles. The number of anilines is 1. The molecule has 1 aliphatic rings. The van der Waals surface area contributed by atoms with E-state index in [0.717, 1.165) is 44.7 Å². The zero-order valence-corrected chi connectivity index (χ0v) is 19.0. The van der Waals surface area contributed by atoms with Gasteiger partial charge in [-0.3, -0.25) is 4.79 Å². The Hall–Kier alpha value is -1.83. The van der Waals surface area contributed by atoms with Crippen LogP contribution >= 0.6 is 24.8 Å². The molecule has 1 aromatic carbocycles. The van der Waals surface area contributed by atoms with Crippen LogP contribution in [0.4, 0.5) is 5.69 Å². The summed E-state index contributed by atoms with van der Waals surface area (Å²) in [6.45, 7) is 10.4. The Morgan fingerprint density at radius 2 is 1.93 bits per heavy atom. The van der Waals surface area contributed by atoms with E-state index in [0.29, 0.717) is 18.3 Å². The number of benzene rings is 1. The quantitative estimate of drug-likeness (QED) is 0.689. The third-order valence-electron chi connectivity index (χ3n) is 5.30. The first kappa shape index (κ1) is 25.2. The van der Waals surface area contributed by atoms with Crippen molar-refractivity contribution in [2.24, 2.45) is 0 Å². The highest BCUT2D eigenvalue weighted by atomic mass is 35.5. The molecule has 3 rings (SSSR count). The van der Waals surface area contributed by atoms with E-state index in [1.165, 1.54) is 11.3 Å². The monoisotopic (exact) mass is 442 g/mol. The molecule has 1 saturated heterocycles. The molecular weight excluding hydrogens is 411 g/mol. The fourth-order valence-corrected chi connectivity index (χ4v) is 3.70. The third kappa shape index (κ3) is 6.07. The maximum atomic E-state index is 12.6. The van der Waals surface area contributed by atoms with Crippen LogP contribution in [0.3, 0.4) is 0 Å². The minimum Gasteiger partial charge on any atom is -0.370 e. The van der Waals surface area contributed by atoms with Crippen LogP contribution < -0.4 is 15.5 Å². The van der Waals surface area contributed by atoms with Gasteiger partial charge < -0.3 is 15.5 Å². The summed E-state index contributed by atoms with van der Waals surface area (Å²) < 4.78 is 1.92. The predicted octanol–water partition coefficient (Wildman–Crippen LogP) is 2.92. The van der Waals surface area contributed by atoms with Gasteiger partial charge in [0.2, 0.25) is 0 Å². The van der Waals surface area contributed by atoms with Gasteiger partial charge in [0.25, 0.3) is 5.91 Å². The first-order chi connectivity index (χ1) is 13.1. The number of aromatic nitrogens is 3. The number of amides is 1. The Labute approximate surface area is 185 Å². The van der Waals surface area contributed by atoms with Crippen molar-refractivity contribution in [2.75, 3.05) is 37.6 Å². The van der Waals surface area contributed by atoms with Crippen molar-refractivity contribution in [3.05, 3.63) is 41.2 Å². The van der Waals surface area contributed by atoms with Gasteiger partial charge in [0.1, 0.15) is 0 Å². The number of likely N-dealkylation sites (N-methyl/N-ethyl adjacent to an activating group) is 1. The topological polar surface area (TPSA) is 75.1 Å². The van der Waals surface area contributed by atoms with Gasteiger partial charge in [-0.15, -0.1) is 29.9 Å². The van der Waals surface area contributed by atoms with Crippen molar-refractivity contribution >= 4 is 36.4 Å². The van der Waals surface area contributed by atoms with E-state index >= 15 is 0 Å². The first-order valence-electron chi connectivity index (χ1n) is 9.83. The SMILES string of the molecule is CCN(CCNC(=O)c1nnn(C2CCNCC2)c1C)c1ccccc1C.Cl.Cl. The van der Waals surface area contributed by atoms with Gasteiger partial charge in [-0.05, 0) is 58.3 Å². The summed E-state index contributed by atoms with van der Waals surface area (Å²) in [5.41, 5.74) is 3.74. The summed E-state index contributed by atoms with van der Waals surface area (Å²) in [5.74, 6) is -0.145. The molecule has 0 saturated carbocycles. The Morgan fingerprint density at radius 3 is 2.59 bits per heavy atom. The van der Waals surface area contributed by atoms with Gasteiger partial charge >= 0.3 is 0 Å². The van der Waals surface area contributed by atoms with E-state index in [9.17, 15) is 4.79 Å². The molecule has 0 atom stereocenters. The standard InChI is InChI=1S/C20H30N6O.2ClH/c1-4-25(18-8-6-5-7-15(18)2)14-13-22-20(27)19-16(3)26(24-23-19)17-9-11-21-12-10-17;;/h5-8,17,21H,4,9-14H2,1-3H3,(H,22,27);2*1H. The Morgan fingerprint density at radius 1 is 1.24 bits per heavy atom. The number of aryl methyl sites for hydroxylation is 1. The number of hydrogen-bond acceptors (Lipinski definition) is 5. The molecule has 1 fully saturated rings. The maximum Gasteiger partial charge on any atom is 0.273 e. The summed E-state index contributed by atoms with van der Waals surface area (Å²) in [6.07, 6.45) is 2.04. The molecule has 0 unspecified atom stereocenters. The van der Waals surface area contributed by atoms with Crippen LogP contribution in [0, 0.1) is 13.8 Å². The van der Waals surface area contributed by atoms with Crippen molar-refractivity contribution in [3.8, 4) is 0 Å². The molecule has 162 valence electrons. The Kier molecular flexibility index (Phi) is 10.4. The molecular formula is C20H32Cl2N6O. The van der Waals surface area contributed by atoms with Gasteiger partial charge in [0.05, 0.1) is 11.7 Å². The fraction of sp³-hybridized carbons (Fsp3) is 0.550. The van der Waals surface area contributed by atoms with E-state index in [4.69, 9.17) is 0 Å². The number of piperidine rings is 1. The molecule has 9 heteroatoms. The maximum absolute atomic E-state index is 12.6. The predicted molar refractivity (Wildman–Crippen MR) is 122 cm³/mol. The largest absolute Gasteiger partial charge is 0.370 e. The van der Waals surface area contributed by atoms with Crippen molar-refractivity contribution in [3.63, 3.8) is 0 Å². The number of nitrogens with zero attached hydrogens (tertiary/aromatic N) is 4. The van der Waals surface area contributed by atoms with Crippen LogP contribution in [0.5, 0.6) is 0 Å². The van der Waals surface area contributed by atoms with Gasteiger partial charge in [0.15, 0.2) is 5.69 Å². The number of rotatable bonds is 7. The second kappa shape index (κ2) is 12.0. The fourth-order valence-electron chi connectivity index (χ4n) is 3.70. The highest BCUT2D eigenvalue weighted by Gasteiger charge is 2.22. The highest BCUT2D eigenvalue weighted by Crippen LogP contribution is 2.20. The van der Waals surface area contributed by atoms with Crippen LogP contribution in [-0.2, 0) is 0 Å². The van der Waals surface area contributed by atoms with Crippen LogP contribution in [0.15, 0.2) is 24.3 Å². The average molecular weight is 443 g/mol. The van der Waals surface area contributed by atoms with E-state index in [1.807, 2.05) is 23.7 Å². The highest BCUT2D eigenvalue weighted by molar-refractivity contribution is 5.93. The lowest BCUT2D eigenvalue weighted by Gasteiger charge is -2.25. The van der Waals surface area contributed by atoms with E-state index in [-0.39, 0.29) is 30.7 Å². The zero-order chi connectivity index (χ0) is 19.2. The molecule has 1 aromatic heterocycles. The number of carbonyl (C=O) groups is 1. The molecule has 1 amide bonds. The summed E-state index contributed by atoms with van der Waals surface area (Å²) in [4.78, 5) is 14.8. The number of halogens is 2. The average Bonchev–Trinajstić information content (AvgIpc) is 3.08. The number of nitrogens with one attached hydrogen (secondary N) is 2. The summed E-state index contributed by atoms with van der Waals surface area (Å²) in [7, 11) is 0. The number of carbonyl (C=O) groups excluding carboxylic acids is 1. The van der Waals surface area contributed by atoms with E-state index in [1.54, 1.807) is 0 Å². The van der Waals surface area contributed by atoms with E-state index < -0.39 is 0 Å². The minimum absolute atomic E-state index is 0. The lowest BCUT2D eigenvalue weighted by Crippen LogP contribution is -2.35. The van der Waals surface area contributed by atoms with Gasteiger partial charge in [0, 0.05) is 25.3 Å². The smallest absolute Gasteiger partial charge is 0.273 e. The summed E-state index contributed by atoms with van der Waals surface area (Å²) >= 11 is 0. The summed E-state index contributed by atoms with van der Waals surface area (Å²) in [6, 6.07) is 8.65. The molecule has 1 aliphatic heterocycles. The van der Waals surface area contributed by atoms with Crippen LogP contribution in [0.2, 0.25) is 0 Å². The van der Waals surface area contributed by atoms with Gasteiger partial charge in [-0.25, -0.2) is 4.68 Å². The van der Waals surface area contributed by atoms with Crippen LogP contribution in [-0.4, -0.2) is 53.6 Å². The molecule has 7 nitrogen and oxygen atoms in total. The lowest BCUT2D eigenvalue weighted by molar-refractivity contribution is 0.0949. The number of hydrogen-bond donors (Lipinski definition) is 2. The second-order valence-corrected chi connectivity index (χ2v) is 7.07. The van der Waals surface area contributed by atoms with Gasteiger partial charge in [-0.2, -0.15) is 0 Å². The first-order valence-corrected chi connectivity index (χ1v) is 9.83. The zero-order valence-electron chi connectivity index (χ0n) is 17.4. The molecule has 0 bridgehead atoms. The minimum atomic E-state index is -0.145. The molecule has 2 aromatic rings. The Bertz CT molecular complexity index is 776. The molecule has 0 spiro atoms. The van der Waals surface area contributed by atoms with E-state index in [2.05, 4.69) is 51.8 Å². The second-order valence-electron chi connectivity index (χ2n) is 7.07. The number of para-hydroxylation sites is 1. The molecule has 2 N–H and O–H groups in total. The molecule has 0 radical (unpaired) electrons. The molecule has 0 aliphatic carbocycles. The Balaban J connectivity index is 0.00000210.